The molecule has 0 fully saturated rings. The molecule has 3 nitrogen and oxygen atoms in total. The minimum atomic E-state index is 1.07. The van der Waals surface area contributed by atoms with Gasteiger partial charge in [-0.05, 0) is 158 Å². The van der Waals surface area contributed by atoms with Gasteiger partial charge in [0.2, 0.25) is 0 Å². The number of benzene rings is 13. The quantitative estimate of drug-likeness (QED) is 0.126. The minimum absolute atomic E-state index is 1.07. The molecule has 0 amide bonds. The van der Waals surface area contributed by atoms with E-state index in [1.807, 2.05) is 0 Å². The van der Waals surface area contributed by atoms with Crippen LogP contribution in [0.2, 0.25) is 0 Å². The van der Waals surface area contributed by atoms with Crippen LogP contribution in [0.1, 0.15) is 0 Å². The molecule has 2 aromatic heterocycles. The van der Waals surface area contributed by atoms with Gasteiger partial charge >= 0.3 is 0 Å². The Morgan fingerprint density at radius 1 is 0.185 bits per heavy atom. The number of nitrogens with zero attached hydrogens (tertiary/aromatic N) is 3. The van der Waals surface area contributed by atoms with Gasteiger partial charge in [-0.3, -0.25) is 0 Å². The maximum atomic E-state index is 2.48. The molecule has 0 aliphatic carbocycles. The molecule has 15 aromatic rings. The highest BCUT2D eigenvalue weighted by Gasteiger charge is 2.22. The Hall–Kier alpha value is -10.7. The average molecular weight is 1030 g/mol. The van der Waals surface area contributed by atoms with E-state index < -0.39 is 0 Å². The normalized spacial score (nSPS) is 11.5. The summed E-state index contributed by atoms with van der Waals surface area (Å²) in [5, 5.41) is 4.94. The molecule has 0 saturated heterocycles. The molecule has 0 atom stereocenters. The second-order valence-corrected chi connectivity index (χ2v) is 20.9. The summed E-state index contributed by atoms with van der Waals surface area (Å²) >= 11 is 0. The number of aromatic nitrogens is 2. The third-order valence-corrected chi connectivity index (χ3v) is 16.1. The fraction of sp³-hybridized carbons (Fsp3) is 0. The summed E-state index contributed by atoms with van der Waals surface area (Å²) < 4.78 is 4.93. The summed E-state index contributed by atoms with van der Waals surface area (Å²) in [5.74, 6) is 0. The largest absolute Gasteiger partial charge is 0.311 e. The van der Waals surface area contributed by atoms with E-state index in [9.17, 15) is 0 Å². The lowest BCUT2D eigenvalue weighted by Gasteiger charge is -2.26. The fourth-order valence-corrected chi connectivity index (χ4v) is 12.2. The van der Waals surface area contributed by atoms with Gasteiger partial charge in [-0.2, -0.15) is 0 Å². The van der Waals surface area contributed by atoms with Crippen molar-refractivity contribution in [1.82, 2.24) is 9.13 Å². The predicted octanol–water partition coefficient (Wildman–Crippen LogP) is 21.4. The number of rotatable bonds is 11. The Labute approximate surface area is 471 Å². The zero-order valence-electron chi connectivity index (χ0n) is 44.4. The topological polar surface area (TPSA) is 13.1 Å². The third-order valence-electron chi connectivity index (χ3n) is 16.1. The summed E-state index contributed by atoms with van der Waals surface area (Å²) in [6, 6.07) is 117. The van der Waals surface area contributed by atoms with Gasteiger partial charge in [0.05, 0.1) is 22.1 Å². The van der Waals surface area contributed by atoms with Gasteiger partial charge < -0.3 is 14.0 Å². The molecule has 13 aromatic carbocycles. The first-order chi connectivity index (χ1) is 40.2. The van der Waals surface area contributed by atoms with Crippen molar-refractivity contribution in [3.8, 4) is 78.1 Å². The Morgan fingerprint density at radius 2 is 0.469 bits per heavy atom. The first-order valence-electron chi connectivity index (χ1n) is 27.8. The standard InChI is InChI=1S/C78H53N3/c1-4-18-54(19-5-1)59-22-14-24-61(50-59)56-36-42-67(43-37-56)79(68-44-38-57(39-45-68)62-25-16-27-64(52-62)63-26-15-23-60(51-63)55-20-6-2-7-21-55)69-46-40-58(41-47-69)65-28-17-31-70(53-65)81-76-35-13-11-33-72(76)74-49-48-73-71-32-10-12-34-75(71)80(77(73)78(74)81)66-29-8-3-9-30-66/h1-53H. The van der Waals surface area contributed by atoms with Gasteiger partial charge in [0, 0.05) is 50.0 Å². The molecule has 0 unspecified atom stereocenters. The summed E-state index contributed by atoms with van der Waals surface area (Å²) in [4.78, 5) is 2.37. The zero-order chi connectivity index (χ0) is 53.6. The van der Waals surface area contributed by atoms with Crippen molar-refractivity contribution in [3.63, 3.8) is 0 Å². The summed E-state index contributed by atoms with van der Waals surface area (Å²) in [7, 11) is 0. The number of para-hydroxylation sites is 3. The second kappa shape index (κ2) is 20.2. The molecular weight excluding hydrogens is 979 g/mol. The molecule has 0 N–H and O–H groups in total. The number of fused-ring (bicyclic) bond motifs is 7. The van der Waals surface area contributed by atoms with Crippen LogP contribution in [-0.2, 0) is 0 Å². The maximum absolute atomic E-state index is 2.48. The fourth-order valence-electron chi connectivity index (χ4n) is 12.2. The second-order valence-electron chi connectivity index (χ2n) is 20.9. The van der Waals surface area contributed by atoms with Crippen molar-refractivity contribution >= 4 is 60.7 Å². The highest BCUT2D eigenvalue weighted by atomic mass is 15.1. The lowest BCUT2D eigenvalue weighted by atomic mass is 9.96. The van der Waals surface area contributed by atoms with Crippen molar-refractivity contribution in [3.05, 3.63) is 322 Å². The highest BCUT2D eigenvalue weighted by molar-refractivity contribution is 6.24. The molecule has 0 aliphatic heterocycles. The molecule has 380 valence electrons. The molecule has 15 rings (SSSR count). The van der Waals surface area contributed by atoms with E-state index in [0.29, 0.717) is 0 Å². The van der Waals surface area contributed by atoms with Crippen molar-refractivity contribution < 1.29 is 0 Å². The van der Waals surface area contributed by atoms with Gasteiger partial charge in [0.15, 0.2) is 0 Å². The van der Waals surface area contributed by atoms with Gasteiger partial charge in [-0.1, -0.05) is 231 Å². The van der Waals surface area contributed by atoms with Crippen LogP contribution in [0.25, 0.3) is 122 Å². The van der Waals surface area contributed by atoms with E-state index in [0.717, 1.165) is 45.1 Å². The lowest BCUT2D eigenvalue weighted by Crippen LogP contribution is -2.09. The third kappa shape index (κ3) is 8.66. The van der Waals surface area contributed by atoms with Crippen molar-refractivity contribution in [1.29, 1.82) is 0 Å². The Balaban J connectivity index is 0.807. The molecule has 0 saturated carbocycles. The molecule has 0 aliphatic rings. The zero-order valence-corrected chi connectivity index (χ0v) is 44.4. The monoisotopic (exact) mass is 1030 g/mol. The summed E-state index contributed by atoms with van der Waals surface area (Å²) in [5.41, 5.74) is 24.4. The highest BCUT2D eigenvalue weighted by Crippen LogP contribution is 2.43. The first-order valence-corrected chi connectivity index (χ1v) is 27.8. The molecule has 0 spiro atoms. The van der Waals surface area contributed by atoms with Gasteiger partial charge in [0.25, 0.3) is 0 Å². The summed E-state index contributed by atoms with van der Waals surface area (Å²) in [6.07, 6.45) is 0. The molecule has 0 bridgehead atoms. The van der Waals surface area contributed by atoms with E-state index in [-0.39, 0.29) is 0 Å². The lowest BCUT2D eigenvalue weighted by molar-refractivity contribution is 1.15. The molecule has 0 radical (unpaired) electrons. The molecule has 81 heavy (non-hydrogen) atoms. The van der Waals surface area contributed by atoms with Crippen LogP contribution in [0.4, 0.5) is 17.1 Å². The van der Waals surface area contributed by atoms with Crippen LogP contribution in [-0.4, -0.2) is 9.13 Å². The van der Waals surface area contributed by atoms with Gasteiger partial charge in [-0.15, -0.1) is 0 Å². The van der Waals surface area contributed by atoms with Crippen molar-refractivity contribution in [2.75, 3.05) is 4.90 Å². The number of hydrogen-bond acceptors (Lipinski definition) is 1. The van der Waals surface area contributed by atoms with Crippen LogP contribution in [0.15, 0.2) is 322 Å². The van der Waals surface area contributed by atoms with Crippen LogP contribution < -0.4 is 4.90 Å². The maximum Gasteiger partial charge on any atom is 0.0788 e. The minimum Gasteiger partial charge on any atom is -0.311 e. The Morgan fingerprint density at radius 3 is 0.877 bits per heavy atom. The summed E-state index contributed by atoms with van der Waals surface area (Å²) in [6.45, 7) is 0. The molecule has 2 heterocycles. The Kier molecular flexibility index (Phi) is 11.9. The van der Waals surface area contributed by atoms with Gasteiger partial charge in [0.1, 0.15) is 0 Å². The van der Waals surface area contributed by atoms with Crippen LogP contribution in [0.5, 0.6) is 0 Å². The number of hydrogen-bond donors (Lipinski definition) is 0. The van der Waals surface area contributed by atoms with E-state index in [2.05, 4.69) is 336 Å². The van der Waals surface area contributed by atoms with Gasteiger partial charge in [-0.25, -0.2) is 0 Å². The molecular formula is C78H53N3. The van der Waals surface area contributed by atoms with Crippen molar-refractivity contribution in [2.45, 2.75) is 0 Å². The molecule has 3 heteroatoms. The van der Waals surface area contributed by atoms with Crippen LogP contribution in [0, 0.1) is 0 Å². The Bertz CT molecular complexity index is 4770. The average Bonchev–Trinajstić information content (AvgIpc) is 2.87. The van der Waals surface area contributed by atoms with Crippen LogP contribution in [0.3, 0.4) is 0 Å². The van der Waals surface area contributed by atoms with E-state index in [4.69, 9.17) is 0 Å². The number of anilines is 3. The predicted molar refractivity (Wildman–Crippen MR) is 342 cm³/mol. The van der Waals surface area contributed by atoms with E-state index in [1.54, 1.807) is 0 Å². The smallest absolute Gasteiger partial charge is 0.0788 e. The van der Waals surface area contributed by atoms with Crippen molar-refractivity contribution in [2.24, 2.45) is 0 Å². The van der Waals surface area contributed by atoms with E-state index >= 15 is 0 Å². The van der Waals surface area contributed by atoms with Crippen LogP contribution >= 0.6 is 0 Å². The SMILES string of the molecule is c1ccc(-c2cccc(-c3ccc(N(c4ccc(-c5cccc(-c6cccc(-c7ccccc7)c6)c5)cc4)c4ccc(-c5cccc(-n6c7ccccc7c7ccc8c9ccccc9n(-c9ccccc9)c8c76)c5)cc4)cc3)c2)cc1. The first kappa shape index (κ1) is 47.5. The van der Waals surface area contributed by atoms with E-state index in [1.165, 1.54) is 93.7 Å².